The van der Waals surface area contributed by atoms with Crippen molar-refractivity contribution in [3.8, 4) is 5.75 Å². The van der Waals surface area contributed by atoms with Crippen LogP contribution < -0.4 is 10.1 Å². The normalized spacial score (nSPS) is 17.7. The number of hydrogen-bond acceptors (Lipinski definition) is 6. The number of ether oxygens (including phenoxy) is 2. The number of nitrogens with zero attached hydrogens (tertiary/aromatic N) is 1. The van der Waals surface area contributed by atoms with Crippen molar-refractivity contribution in [3.63, 3.8) is 0 Å². The van der Waals surface area contributed by atoms with Gasteiger partial charge in [-0.3, -0.25) is 14.4 Å². The monoisotopic (exact) mass is 568 g/mol. The first-order valence-electron chi connectivity index (χ1n) is 14.4. The summed E-state index contributed by atoms with van der Waals surface area (Å²) in [6, 6.07) is 11.3. The lowest BCUT2D eigenvalue weighted by Gasteiger charge is -2.36. The van der Waals surface area contributed by atoms with Gasteiger partial charge in [-0.15, -0.1) is 0 Å². The average Bonchev–Trinajstić information content (AvgIpc) is 2.98. The van der Waals surface area contributed by atoms with Crippen LogP contribution in [-0.4, -0.2) is 56.9 Å². The summed E-state index contributed by atoms with van der Waals surface area (Å²) in [5.74, 6) is 0.556. The zero-order valence-corrected chi connectivity index (χ0v) is 24.4. The molecule has 2 aromatic carbocycles. The maximum absolute atomic E-state index is 13.6. The van der Waals surface area contributed by atoms with Crippen molar-refractivity contribution >= 4 is 35.5 Å². The lowest BCUT2D eigenvalue weighted by Crippen LogP contribution is -2.41. The number of esters is 1. The third-order valence-corrected chi connectivity index (χ3v) is 8.77. The Bertz CT molecular complexity index is 1190. The number of nitrogens with one attached hydrogen (secondary N) is 1. The molecule has 1 N–H and O–H groups in total. The minimum absolute atomic E-state index is 0.0736. The highest BCUT2D eigenvalue weighted by Crippen LogP contribution is 2.41. The molecule has 2 aromatic rings. The number of hydrogen-bond donors (Lipinski definition) is 1. The number of amides is 1. The van der Waals surface area contributed by atoms with Crippen LogP contribution in [0.25, 0.3) is 0 Å². The fourth-order valence-corrected chi connectivity index (χ4v) is 6.17. The smallest absolute Gasteiger partial charge is 0.316 e. The number of piperidine rings is 1. The minimum atomic E-state index is -0.583. The van der Waals surface area contributed by atoms with Crippen molar-refractivity contribution in [2.75, 3.05) is 39.2 Å². The third-order valence-electron chi connectivity index (χ3n) is 8.46. The van der Waals surface area contributed by atoms with Gasteiger partial charge < -0.3 is 19.7 Å². The molecule has 0 radical (unpaired) electrons. The van der Waals surface area contributed by atoms with Crippen LogP contribution in [0.3, 0.4) is 0 Å². The van der Waals surface area contributed by atoms with E-state index in [2.05, 4.69) is 35.5 Å². The molecule has 0 spiro atoms. The quantitative estimate of drug-likeness (QED) is 0.256. The van der Waals surface area contributed by atoms with Gasteiger partial charge in [0.1, 0.15) is 5.75 Å². The molecule has 0 bridgehead atoms. The van der Waals surface area contributed by atoms with Crippen LogP contribution in [0.1, 0.15) is 79.3 Å². The van der Waals surface area contributed by atoms with E-state index in [1.54, 1.807) is 6.07 Å². The summed E-state index contributed by atoms with van der Waals surface area (Å²) in [6.45, 7) is 2.62. The standard InChI is InChI=1S/C32H41ClN2O5/c1-35-16-12-24(13-17-35)22-40-31(38)32(14-4-3-5-15-32)26-10-6-8-23(18-26)9-7-11-30(37)34-28-20-29(39-2)25(21-36)19-27(28)33/h6,8,10,18-21,24H,3-5,7,9,11-17,22H2,1-2H3,(H,34,37). The van der Waals surface area contributed by atoms with Gasteiger partial charge in [0.25, 0.3) is 0 Å². The van der Waals surface area contributed by atoms with Crippen LogP contribution in [0.15, 0.2) is 36.4 Å². The van der Waals surface area contributed by atoms with E-state index < -0.39 is 5.41 Å². The van der Waals surface area contributed by atoms with E-state index in [1.165, 1.54) is 13.2 Å². The van der Waals surface area contributed by atoms with Crippen molar-refractivity contribution in [3.05, 3.63) is 58.1 Å². The second-order valence-electron chi connectivity index (χ2n) is 11.3. The Labute approximate surface area is 242 Å². The first-order valence-corrected chi connectivity index (χ1v) is 14.8. The molecule has 0 aromatic heterocycles. The zero-order chi connectivity index (χ0) is 28.5. The van der Waals surface area contributed by atoms with E-state index >= 15 is 0 Å². The summed E-state index contributed by atoms with van der Waals surface area (Å²) in [7, 11) is 3.60. The van der Waals surface area contributed by atoms with Gasteiger partial charge in [0.15, 0.2) is 6.29 Å². The molecule has 0 atom stereocenters. The Morgan fingerprint density at radius 1 is 1.12 bits per heavy atom. The Hall–Kier alpha value is -2.90. The molecule has 7 nitrogen and oxygen atoms in total. The number of carbonyl (C=O) groups excluding carboxylic acids is 3. The number of halogens is 1. The summed E-state index contributed by atoms with van der Waals surface area (Å²) in [5.41, 5.74) is 2.30. The van der Waals surface area contributed by atoms with Crippen LogP contribution >= 0.6 is 11.6 Å². The highest BCUT2D eigenvalue weighted by Gasteiger charge is 2.43. The van der Waals surface area contributed by atoms with Gasteiger partial charge in [-0.2, -0.15) is 0 Å². The zero-order valence-electron chi connectivity index (χ0n) is 23.7. The van der Waals surface area contributed by atoms with Crippen molar-refractivity contribution in [1.29, 1.82) is 0 Å². The summed E-state index contributed by atoms with van der Waals surface area (Å²) >= 11 is 6.24. The van der Waals surface area contributed by atoms with E-state index in [9.17, 15) is 14.4 Å². The summed E-state index contributed by atoms with van der Waals surface area (Å²) < 4.78 is 11.2. The molecule has 2 fully saturated rings. The van der Waals surface area contributed by atoms with Crippen LogP contribution in [0.4, 0.5) is 5.69 Å². The van der Waals surface area contributed by atoms with Crippen molar-refractivity contribution < 1.29 is 23.9 Å². The third kappa shape index (κ3) is 7.43. The van der Waals surface area contributed by atoms with Gasteiger partial charge in [0.05, 0.1) is 35.4 Å². The van der Waals surface area contributed by atoms with Crippen LogP contribution in [0.2, 0.25) is 5.02 Å². The maximum Gasteiger partial charge on any atom is 0.316 e. The van der Waals surface area contributed by atoms with Gasteiger partial charge in [-0.05, 0) is 81.8 Å². The van der Waals surface area contributed by atoms with Crippen molar-refractivity contribution in [2.45, 2.75) is 69.6 Å². The second-order valence-corrected chi connectivity index (χ2v) is 11.7. The predicted octanol–water partition coefficient (Wildman–Crippen LogP) is 6.21. The molecule has 1 heterocycles. The van der Waals surface area contributed by atoms with E-state index in [0.29, 0.717) is 55.1 Å². The molecule has 2 aliphatic rings. The van der Waals surface area contributed by atoms with Gasteiger partial charge in [-0.1, -0.05) is 55.1 Å². The number of carbonyl (C=O) groups is 3. The van der Waals surface area contributed by atoms with E-state index in [0.717, 1.165) is 69.2 Å². The van der Waals surface area contributed by atoms with Crippen molar-refractivity contribution in [1.82, 2.24) is 4.90 Å². The molecule has 1 saturated carbocycles. The van der Waals surface area contributed by atoms with Crippen LogP contribution in [-0.2, 0) is 26.2 Å². The van der Waals surface area contributed by atoms with Gasteiger partial charge in [0.2, 0.25) is 5.91 Å². The average molecular weight is 569 g/mol. The number of benzene rings is 2. The molecule has 8 heteroatoms. The fourth-order valence-electron chi connectivity index (χ4n) is 5.95. The lowest BCUT2D eigenvalue weighted by atomic mass is 9.69. The molecule has 4 rings (SSSR count). The van der Waals surface area contributed by atoms with Gasteiger partial charge >= 0.3 is 5.97 Å². The fraction of sp³-hybridized carbons (Fsp3) is 0.531. The Morgan fingerprint density at radius 2 is 1.88 bits per heavy atom. The number of rotatable bonds is 11. The molecular weight excluding hydrogens is 528 g/mol. The van der Waals surface area contributed by atoms with E-state index in [4.69, 9.17) is 21.1 Å². The molecule has 1 aliphatic carbocycles. The molecule has 1 saturated heterocycles. The first kappa shape index (κ1) is 30.1. The summed E-state index contributed by atoms with van der Waals surface area (Å²) in [5, 5.41) is 3.10. The van der Waals surface area contributed by atoms with E-state index in [1.807, 2.05) is 6.07 Å². The summed E-state index contributed by atoms with van der Waals surface area (Å²) in [6.07, 6.45) is 9.30. The number of likely N-dealkylation sites (tertiary alicyclic amines) is 1. The largest absolute Gasteiger partial charge is 0.496 e. The molecule has 216 valence electrons. The van der Waals surface area contributed by atoms with Gasteiger partial charge in [-0.25, -0.2) is 0 Å². The van der Waals surface area contributed by atoms with Crippen LogP contribution in [0.5, 0.6) is 5.75 Å². The first-order chi connectivity index (χ1) is 19.3. The number of methoxy groups -OCH3 is 1. The number of aryl methyl sites for hydroxylation is 1. The molecule has 1 aliphatic heterocycles. The molecular formula is C32H41ClN2O5. The predicted molar refractivity (Wildman–Crippen MR) is 157 cm³/mol. The Balaban J connectivity index is 1.36. The SMILES string of the molecule is COc1cc(NC(=O)CCCc2cccc(C3(C(=O)OCC4CCN(C)CC4)CCCCC3)c2)c(Cl)cc1C=O. The highest BCUT2D eigenvalue weighted by molar-refractivity contribution is 6.34. The topological polar surface area (TPSA) is 84.9 Å². The second kappa shape index (κ2) is 14.1. The minimum Gasteiger partial charge on any atom is -0.496 e. The molecule has 40 heavy (non-hydrogen) atoms. The number of aldehydes is 1. The maximum atomic E-state index is 13.6. The van der Waals surface area contributed by atoms with Gasteiger partial charge in [0, 0.05) is 12.5 Å². The number of anilines is 1. The highest BCUT2D eigenvalue weighted by atomic mass is 35.5. The molecule has 0 unspecified atom stereocenters. The Kier molecular flexibility index (Phi) is 10.6. The Morgan fingerprint density at radius 3 is 2.58 bits per heavy atom. The van der Waals surface area contributed by atoms with E-state index in [-0.39, 0.29) is 16.9 Å². The lowest BCUT2D eigenvalue weighted by molar-refractivity contribution is -0.154. The van der Waals surface area contributed by atoms with Crippen molar-refractivity contribution in [2.24, 2.45) is 5.92 Å². The summed E-state index contributed by atoms with van der Waals surface area (Å²) in [4.78, 5) is 39.8. The van der Waals surface area contributed by atoms with Crippen LogP contribution in [0, 0.1) is 5.92 Å². The molecule has 1 amide bonds.